The van der Waals surface area contributed by atoms with Gasteiger partial charge < -0.3 is 9.84 Å². The molecule has 0 fully saturated rings. The van der Waals surface area contributed by atoms with Crippen LogP contribution in [0, 0.1) is 0 Å². The smallest absolute Gasteiger partial charge is 0.328 e. The maximum Gasteiger partial charge on any atom is 0.328 e. The fourth-order valence-corrected chi connectivity index (χ4v) is 2.41. The number of benzene rings is 1. The van der Waals surface area contributed by atoms with Crippen LogP contribution in [0.5, 0.6) is 5.75 Å². The summed E-state index contributed by atoms with van der Waals surface area (Å²) in [6.45, 7) is 4.38. The molecule has 1 N–H and O–H groups in total. The molecule has 1 rings (SSSR count). The number of aliphatic carboxylic acids is 1. The number of thioether (sulfide) groups is 1. The number of methoxy groups -OCH3 is 1. The van der Waals surface area contributed by atoms with Crippen molar-refractivity contribution in [2.24, 2.45) is 0 Å². The standard InChI is InChI=1S/C15H20O3S/c1-4-11(2)19-10-12-5-7-14(18-3)13(9-12)6-8-15(16)17/h5-9,11H,4,10H2,1-3H3,(H,16,17). The van der Waals surface area contributed by atoms with E-state index < -0.39 is 5.97 Å². The second-order valence-corrected chi connectivity index (χ2v) is 5.70. The molecule has 0 aliphatic heterocycles. The molecule has 0 aromatic heterocycles. The summed E-state index contributed by atoms with van der Waals surface area (Å²) >= 11 is 1.89. The van der Waals surface area contributed by atoms with Gasteiger partial charge in [0.15, 0.2) is 0 Å². The highest BCUT2D eigenvalue weighted by atomic mass is 32.2. The highest BCUT2D eigenvalue weighted by Gasteiger charge is 2.05. The van der Waals surface area contributed by atoms with Gasteiger partial charge in [-0.15, -0.1) is 0 Å². The molecule has 104 valence electrons. The number of carboxylic acids is 1. The maximum absolute atomic E-state index is 10.6. The molecule has 1 aromatic rings. The Morgan fingerprint density at radius 1 is 1.53 bits per heavy atom. The Balaban J connectivity index is 2.85. The highest BCUT2D eigenvalue weighted by Crippen LogP contribution is 2.25. The fraction of sp³-hybridized carbons (Fsp3) is 0.400. The first-order valence-electron chi connectivity index (χ1n) is 6.26. The zero-order valence-corrected chi connectivity index (χ0v) is 12.4. The van der Waals surface area contributed by atoms with E-state index >= 15 is 0 Å². The summed E-state index contributed by atoms with van der Waals surface area (Å²) in [6, 6.07) is 5.88. The van der Waals surface area contributed by atoms with Crippen LogP contribution < -0.4 is 4.74 Å². The third kappa shape index (κ3) is 5.39. The van der Waals surface area contributed by atoms with Crippen molar-refractivity contribution < 1.29 is 14.6 Å². The van der Waals surface area contributed by atoms with Gasteiger partial charge in [-0.05, 0) is 30.2 Å². The van der Waals surface area contributed by atoms with Crippen molar-refractivity contribution in [3.8, 4) is 5.75 Å². The number of hydrogen-bond acceptors (Lipinski definition) is 3. The van der Waals surface area contributed by atoms with Gasteiger partial charge in [-0.25, -0.2) is 4.79 Å². The zero-order valence-electron chi connectivity index (χ0n) is 11.6. The largest absolute Gasteiger partial charge is 0.496 e. The molecule has 0 amide bonds. The lowest BCUT2D eigenvalue weighted by atomic mass is 10.1. The van der Waals surface area contributed by atoms with E-state index in [1.165, 1.54) is 5.56 Å². The molecule has 4 heteroatoms. The molecule has 1 unspecified atom stereocenters. The van der Waals surface area contributed by atoms with E-state index in [0.717, 1.165) is 23.8 Å². The van der Waals surface area contributed by atoms with E-state index in [0.29, 0.717) is 11.0 Å². The molecule has 0 aliphatic carbocycles. The Kier molecular flexibility index (Phi) is 6.50. The van der Waals surface area contributed by atoms with Crippen molar-refractivity contribution in [3.63, 3.8) is 0 Å². The minimum atomic E-state index is -0.957. The Morgan fingerprint density at radius 3 is 2.84 bits per heavy atom. The van der Waals surface area contributed by atoms with Crippen LogP contribution in [-0.4, -0.2) is 23.4 Å². The van der Waals surface area contributed by atoms with E-state index in [-0.39, 0.29) is 0 Å². The van der Waals surface area contributed by atoms with Crippen LogP contribution in [0.1, 0.15) is 31.4 Å². The van der Waals surface area contributed by atoms with E-state index in [1.807, 2.05) is 30.0 Å². The molecule has 1 aromatic carbocycles. The fourth-order valence-electron chi connectivity index (χ4n) is 1.52. The molecule has 0 heterocycles. The predicted molar refractivity (Wildman–Crippen MR) is 80.7 cm³/mol. The van der Waals surface area contributed by atoms with Crippen molar-refractivity contribution in [3.05, 3.63) is 35.4 Å². The molecule has 19 heavy (non-hydrogen) atoms. The predicted octanol–water partition coefficient (Wildman–Crippen LogP) is 3.82. The molecule has 0 bridgehead atoms. The van der Waals surface area contributed by atoms with Gasteiger partial charge in [-0.2, -0.15) is 11.8 Å². The lowest BCUT2D eigenvalue weighted by Gasteiger charge is -2.10. The van der Waals surface area contributed by atoms with Crippen LogP contribution in [0.4, 0.5) is 0 Å². The van der Waals surface area contributed by atoms with Crippen LogP contribution in [0.15, 0.2) is 24.3 Å². The van der Waals surface area contributed by atoms with Crippen LogP contribution in [0.25, 0.3) is 6.08 Å². The highest BCUT2D eigenvalue weighted by molar-refractivity contribution is 7.99. The SMILES string of the molecule is CCC(C)SCc1ccc(OC)c(C=CC(=O)O)c1. The Morgan fingerprint density at radius 2 is 2.26 bits per heavy atom. The third-order valence-corrected chi connectivity index (χ3v) is 4.21. The van der Waals surface area contributed by atoms with Crippen LogP contribution in [-0.2, 0) is 10.5 Å². The lowest BCUT2D eigenvalue weighted by Crippen LogP contribution is -1.95. The summed E-state index contributed by atoms with van der Waals surface area (Å²) in [7, 11) is 1.58. The monoisotopic (exact) mass is 280 g/mol. The maximum atomic E-state index is 10.6. The van der Waals surface area contributed by atoms with Crippen molar-refractivity contribution in [2.45, 2.75) is 31.3 Å². The summed E-state index contributed by atoms with van der Waals surface area (Å²) in [4.78, 5) is 10.6. The first kappa shape index (κ1) is 15.6. The van der Waals surface area contributed by atoms with Crippen molar-refractivity contribution in [2.75, 3.05) is 7.11 Å². The Labute approximate surface area is 118 Å². The van der Waals surface area contributed by atoms with Gasteiger partial charge in [0, 0.05) is 22.6 Å². The normalized spacial score (nSPS) is 12.6. The minimum absolute atomic E-state index is 0.625. The average molecular weight is 280 g/mol. The van der Waals surface area contributed by atoms with Crippen molar-refractivity contribution in [1.29, 1.82) is 0 Å². The second kappa shape index (κ2) is 7.89. The summed E-state index contributed by atoms with van der Waals surface area (Å²) in [5.41, 5.74) is 1.98. The summed E-state index contributed by atoms with van der Waals surface area (Å²) in [5.74, 6) is 0.656. The quantitative estimate of drug-likeness (QED) is 0.771. The number of ether oxygens (including phenoxy) is 1. The van der Waals surface area contributed by atoms with Gasteiger partial charge in [0.25, 0.3) is 0 Å². The number of carboxylic acid groups (broad SMARTS) is 1. The summed E-state index contributed by atoms with van der Waals surface area (Å²) in [5, 5.41) is 9.31. The third-order valence-electron chi connectivity index (χ3n) is 2.81. The second-order valence-electron chi connectivity index (χ2n) is 4.28. The summed E-state index contributed by atoms with van der Waals surface area (Å²) in [6.07, 6.45) is 3.84. The molecule has 0 aliphatic rings. The molecular weight excluding hydrogens is 260 g/mol. The van der Waals surface area contributed by atoms with E-state index in [9.17, 15) is 4.79 Å². The Hall–Kier alpha value is -1.42. The van der Waals surface area contributed by atoms with Crippen molar-refractivity contribution in [1.82, 2.24) is 0 Å². The molecular formula is C15H20O3S. The first-order chi connectivity index (χ1) is 9.06. The van der Waals surface area contributed by atoms with Gasteiger partial charge in [0.05, 0.1) is 7.11 Å². The van der Waals surface area contributed by atoms with Gasteiger partial charge in [-0.3, -0.25) is 0 Å². The van der Waals surface area contributed by atoms with Crippen LogP contribution in [0.2, 0.25) is 0 Å². The molecule has 0 spiro atoms. The lowest BCUT2D eigenvalue weighted by molar-refractivity contribution is -0.131. The average Bonchev–Trinajstić information content (AvgIpc) is 2.42. The molecule has 0 saturated carbocycles. The number of carbonyl (C=O) groups is 1. The van der Waals surface area contributed by atoms with E-state index in [1.54, 1.807) is 13.2 Å². The topological polar surface area (TPSA) is 46.5 Å². The van der Waals surface area contributed by atoms with Gasteiger partial charge in [0.2, 0.25) is 0 Å². The molecule has 0 saturated heterocycles. The minimum Gasteiger partial charge on any atom is -0.496 e. The van der Waals surface area contributed by atoms with Crippen LogP contribution in [0.3, 0.4) is 0 Å². The van der Waals surface area contributed by atoms with Gasteiger partial charge in [0.1, 0.15) is 5.75 Å². The molecule has 3 nitrogen and oxygen atoms in total. The van der Waals surface area contributed by atoms with Gasteiger partial charge >= 0.3 is 5.97 Å². The Bertz CT molecular complexity index is 455. The van der Waals surface area contributed by atoms with Crippen molar-refractivity contribution >= 4 is 23.8 Å². The zero-order chi connectivity index (χ0) is 14.3. The van der Waals surface area contributed by atoms with E-state index in [2.05, 4.69) is 13.8 Å². The molecule has 0 radical (unpaired) electrons. The number of hydrogen-bond donors (Lipinski definition) is 1. The van der Waals surface area contributed by atoms with E-state index in [4.69, 9.17) is 9.84 Å². The number of rotatable bonds is 7. The first-order valence-corrected chi connectivity index (χ1v) is 7.31. The molecule has 1 atom stereocenters. The van der Waals surface area contributed by atoms with Crippen LogP contribution >= 0.6 is 11.8 Å². The summed E-state index contributed by atoms with van der Waals surface area (Å²) < 4.78 is 5.23. The van der Waals surface area contributed by atoms with Gasteiger partial charge in [-0.1, -0.05) is 19.9 Å².